The standard InChI is InChI=1S/C7H19N2O3P/c1-6-7-13(10,11-8(2)3)12-9(4)5/h6-7H2,1-5H3. The van der Waals surface area contributed by atoms with Gasteiger partial charge in [-0.3, -0.25) is 4.57 Å². The van der Waals surface area contributed by atoms with Gasteiger partial charge in [-0.15, -0.1) is 0 Å². The molecule has 0 atom stereocenters. The van der Waals surface area contributed by atoms with Gasteiger partial charge in [0.15, 0.2) is 0 Å². The van der Waals surface area contributed by atoms with Gasteiger partial charge in [0.2, 0.25) is 0 Å². The summed E-state index contributed by atoms with van der Waals surface area (Å²) in [6, 6.07) is 0. The molecule has 0 spiro atoms. The molecule has 0 N–H and O–H groups in total. The van der Waals surface area contributed by atoms with E-state index in [0.717, 1.165) is 6.42 Å². The highest BCUT2D eigenvalue weighted by Crippen LogP contribution is 2.49. The van der Waals surface area contributed by atoms with Gasteiger partial charge < -0.3 is 0 Å². The van der Waals surface area contributed by atoms with Crippen molar-refractivity contribution in [3.8, 4) is 0 Å². The van der Waals surface area contributed by atoms with Crippen LogP contribution in [0.5, 0.6) is 0 Å². The number of hydrogen-bond donors (Lipinski definition) is 0. The molecule has 0 saturated heterocycles. The first-order valence-electron chi connectivity index (χ1n) is 4.23. The van der Waals surface area contributed by atoms with Crippen LogP contribution >= 0.6 is 7.60 Å². The van der Waals surface area contributed by atoms with E-state index in [2.05, 4.69) is 0 Å². The minimum absolute atomic E-state index is 0.420. The Bertz CT molecular complexity index is 171. The van der Waals surface area contributed by atoms with Crippen molar-refractivity contribution >= 4 is 7.60 Å². The van der Waals surface area contributed by atoms with E-state index in [1.807, 2.05) is 6.92 Å². The third-order valence-electron chi connectivity index (χ3n) is 1.07. The van der Waals surface area contributed by atoms with Crippen molar-refractivity contribution in [1.82, 2.24) is 10.1 Å². The molecule has 0 aliphatic heterocycles. The maximum absolute atomic E-state index is 11.9. The molecule has 0 aromatic rings. The van der Waals surface area contributed by atoms with E-state index in [9.17, 15) is 4.57 Å². The fourth-order valence-electron chi connectivity index (χ4n) is 0.868. The first-order chi connectivity index (χ1) is 5.89. The lowest BCUT2D eigenvalue weighted by Crippen LogP contribution is -2.18. The average molecular weight is 210 g/mol. The van der Waals surface area contributed by atoms with Crippen molar-refractivity contribution in [1.29, 1.82) is 0 Å². The van der Waals surface area contributed by atoms with E-state index in [4.69, 9.17) is 9.25 Å². The molecule has 6 heteroatoms. The summed E-state index contributed by atoms with van der Waals surface area (Å²) in [4.78, 5) is 0. The SMILES string of the molecule is CCCP(=O)(ON(C)C)ON(C)C. The van der Waals surface area contributed by atoms with Crippen LogP contribution in [0.1, 0.15) is 13.3 Å². The summed E-state index contributed by atoms with van der Waals surface area (Å²) in [5.41, 5.74) is 0. The number of nitrogens with zero attached hydrogens (tertiary/aromatic N) is 2. The molecule has 0 bridgehead atoms. The first kappa shape index (κ1) is 13.1. The summed E-state index contributed by atoms with van der Waals surface area (Å²) in [7, 11) is 3.75. The Morgan fingerprint density at radius 2 is 1.46 bits per heavy atom. The van der Waals surface area contributed by atoms with E-state index in [0.29, 0.717) is 6.16 Å². The summed E-state index contributed by atoms with van der Waals surface area (Å²) in [6.07, 6.45) is 1.18. The van der Waals surface area contributed by atoms with Crippen molar-refractivity contribution in [3.63, 3.8) is 0 Å². The second kappa shape index (κ2) is 5.73. The van der Waals surface area contributed by atoms with Gasteiger partial charge in [-0.25, -0.2) is 9.25 Å². The van der Waals surface area contributed by atoms with Crippen LogP contribution in [-0.4, -0.2) is 44.5 Å². The summed E-state index contributed by atoms with van der Waals surface area (Å²) in [5.74, 6) is 0. The first-order valence-corrected chi connectivity index (χ1v) is 5.95. The zero-order chi connectivity index (χ0) is 10.5. The summed E-state index contributed by atoms with van der Waals surface area (Å²) in [6.45, 7) is 1.94. The zero-order valence-corrected chi connectivity index (χ0v) is 9.88. The molecule has 0 heterocycles. The predicted octanol–water partition coefficient (Wildman–Crippen LogP) is 1.58. The molecule has 0 fully saturated rings. The molecule has 0 rings (SSSR count). The van der Waals surface area contributed by atoms with Crippen LogP contribution in [0, 0.1) is 0 Å². The second-order valence-electron chi connectivity index (χ2n) is 3.12. The van der Waals surface area contributed by atoms with Crippen LogP contribution < -0.4 is 0 Å². The molecular weight excluding hydrogens is 191 g/mol. The summed E-state index contributed by atoms with van der Waals surface area (Å²) in [5, 5.41) is 2.81. The van der Waals surface area contributed by atoms with Gasteiger partial charge in [0.1, 0.15) is 0 Å². The molecule has 0 radical (unpaired) electrons. The van der Waals surface area contributed by atoms with Crippen molar-refractivity contribution < 1.29 is 13.8 Å². The highest BCUT2D eigenvalue weighted by Gasteiger charge is 2.26. The number of rotatable bonds is 6. The lowest BCUT2D eigenvalue weighted by Gasteiger charge is -2.23. The van der Waals surface area contributed by atoms with Gasteiger partial charge in [-0.05, 0) is 6.42 Å². The number of hydrogen-bond acceptors (Lipinski definition) is 5. The minimum atomic E-state index is -2.98. The van der Waals surface area contributed by atoms with E-state index in [1.54, 1.807) is 28.2 Å². The van der Waals surface area contributed by atoms with Crippen molar-refractivity contribution in [3.05, 3.63) is 0 Å². The topological polar surface area (TPSA) is 42.0 Å². The molecule has 80 valence electrons. The number of hydroxylamine groups is 4. The second-order valence-corrected chi connectivity index (χ2v) is 5.12. The predicted molar refractivity (Wildman–Crippen MR) is 52.3 cm³/mol. The minimum Gasteiger partial charge on any atom is -0.257 e. The Morgan fingerprint density at radius 1 is 1.08 bits per heavy atom. The van der Waals surface area contributed by atoms with Gasteiger partial charge in [0.25, 0.3) is 0 Å². The third kappa shape index (κ3) is 6.18. The summed E-state index contributed by atoms with van der Waals surface area (Å²) >= 11 is 0. The Balaban J connectivity index is 4.25. The molecule has 0 aromatic heterocycles. The molecule has 0 saturated carbocycles. The molecule has 5 nitrogen and oxygen atoms in total. The van der Waals surface area contributed by atoms with Crippen LogP contribution in [-0.2, 0) is 13.8 Å². The quantitative estimate of drug-likeness (QED) is 0.491. The van der Waals surface area contributed by atoms with E-state index < -0.39 is 7.60 Å². The van der Waals surface area contributed by atoms with Crippen molar-refractivity contribution in [2.75, 3.05) is 34.4 Å². The Labute approximate surface area is 80.0 Å². The molecule has 0 amide bonds. The molecular formula is C7H19N2O3P. The smallest absolute Gasteiger partial charge is 0.257 e. The normalized spacial score (nSPS) is 12.8. The van der Waals surface area contributed by atoms with Gasteiger partial charge in [-0.2, -0.15) is 10.1 Å². The van der Waals surface area contributed by atoms with Gasteiger partial charge >= 0.3 is 7.60 Å². The Kier molecular flexibility index (Phi) is 5.76. The maximum Gasteiger partial charge on any atom is 0.363 e. The molecule has 0 aliphatic rings. The van der Waals surface area contributed by atoms with Crippen molar-refractivity contribution in [2.24, 2.45) is 0 Å². The highest BCUT2D eigenvalue weighted by molar-refractivity contribution is 7.53. The molecule has 0 aliphatic carbocycles. The van der Waals surface area contributed by atoms with Crippen LogP contribution in [0.25, 0.3) is 0 Å². The largest absolute Gasteiger partial charge is 0.363 e. The molecule has 0 unspecified atom stereocenters. The average Bonchev–Trinajstić information content (AvgIpc) is 1.81. The van der Waals surface area contributed by atoms with Crippen LogP contribution in [0.2, 0.25) is 0 Å². The van der Waals surface area contributed by atoms with Gasteiger partial charge in [-0.1, -0.05) is 6.92 Å². The lowest BCUT2D eigenvalue weighted by molar-refractivity contribution is -0.0770. The Morgan fingerprint density at radius 3 is 1.69 bits per heavy atom. The van der Waals surface area contributed by atoms with E-state index >= 15 is 0 Å². The van der Waals surface area contributed by atoms with Gasteiger partial charge in [0, 0.05) is 28.2 Å². The van der Waals surface area contributed by atoms with Crippen LogP contribution in [0.3, 0.4) is 0 Å². The van der Waals surface area contributed by atoms with Crippen molar-refractivity contribution in [2.45, 2.75) is 13.3 Å². The van der Waals surface area contributed by atoms with Crippen LogP contribution in [0.15, 0.2) is 0 Å². The monoisotopic (exact) mass is 210 g/mol. The molecule has 0 aromatic carbocycles. The maximum atomic E-state index is 11.9. The molecule has 13 heavy (non-hydrogen) atoms. The Hall–Kier alpha value is 0.0700. The van der Waals surface area contributed by atoms with E-state index in [1.165, 1.54) is 10.1 Å². The third-order valence-corrected chi connectivity index (χ3v) is 3.22. The van der Waals surface area contributed by atoms with E-state index in [-0.39, 0.29) is 0 Å². The lowest BCUT2D eigenvalue weighted by atomic mass is 10.6. The summed E-state index contributed by atoms with van der Waals surface area (Å²) < 4.78 is 22.1. The fourth-order valence-corrected chi connectivity index (χ4v) is 2.60. The van der Waals surface area contributed by atoms with Crippen LogP contribution in [0.4, 0.5) is 0 Å². The fraction of sp³-hybridized carbons (Fsp3) is 1.00. The zero-order valence-electron chi connectivity index (χ0n) is 8.98. The highest BCUT2D eigenvalue weighted by atomic mass is 31.2. The van der Waals surface area contributed by atoms with Gasteiger partial charge in [0.05, 0.1) is 6.16 Å².